The van der Waals surface area contributed by atoms with Gasteiger partial charge in [0.2, 0.25) is 0 Å². The number of carbonyl (C=O) groups excluding carboxylic acids is 2. The Morgan fingerprint density at radius 2 is 2.00 bits per heavy atom. The first-order chi connectivity index (χ1) is 11.0. The third-order valence-corrected chi connectivity index (χ3v) is 6.83. The van der Waals surface area contributed by atoms with Gasteiger partial charge in [0.25, 0.3) is 11.8 Å². The summed E-state index contributed by atoms with van der Waals surface area (Å²) in [6.45, 7) is 0. The third kappa shape index (κ3) is 3.20. The summed E-state index contributed by atoms with van der Waals surface area (Å²) in [5.74, 6) is -0.0828. The topological polar surface area (TPSA) is 54.3 Å². The average molecular weight is 459 g/mol. The highest BCUT2D eigenvalue weighted by Gasteiger charge is 2.34. The number of hydrogen-bond acceptors (Lipinski definition) is 3. The summed E-state index contributed by atoms with van der Waals surface area (Å²) in [7, 11) is 1.78. The number of rotatable bonds is 3. The molecule has 1 atom stereocenters. The smallest absolute Gasteiger partial charge is 0.286 e. The van der Waals surface area contributed by atoms with E-state index in [1.165, 1.54) is 16.8 Å². The number of halogens is 2. The first-order valence-electron chi connectivity index (χ1n) is 6.79. The number of hydrazine groups is 1. The van der Waals surface area contributed by atoms with E-state index in [9.17, 15) is 9.59 Å². The summed E-state index contributed by atoms with van der Waals surface area (Å²) in [5, 5.41) is 1.21. The average Bonchev–Trinajstić information content (AvgIpc) is 3.04. The summed E-state index contributed by atoms with van der Waals surface area (Å²) >= 11 is 8.27. The molecule has 0 bridgehead atoms. The Hall–Kier alpha value is -1.25. The Morgan fingerprint density at radius 3 is 2.61 bits per heavy atom. The van der Waals surface area contributed by atoms with Crippen LogP contribution in [-0.2, 0) is 11.8 Å². The van der Waals surface area contributed by atoms with Crippen LogP contribution in [0.1, 0.15) is 21.4 Å². The van der Waals surface area contributed by atoms with E-state index in [4.69, 9.17) is 0 Å². The highest BCUT2D eigenvalue weighted by Crippen LogP contribution is 2.37. The molecule has 1 aliphatic heterocycles. The molecule has 2 aromatic rings. The van der Waals surface area contributed by atoms with Crippen LogP contribution < -0.4 is 5.43 Å². The number of thioether (sulfide) groups is 1. The van der Waals surface area contributed by atoms with Crippen molar-refractivity contribution in [3.05, 3.63) is 56.7 Å². The Bertz CT molecular complexity index is 764. The molecule has 120 valence electrons. The highest BCUT2D eigenvalue weighted by molar-refractivity contribution is 9.13. The van der Waals surface area contributed by atoms with Crippen molar-refractivity contribution in [1.82, 2.24) is 15.0 Å². The number of nitrogens with zero attached hydrogens (tertiary/aromatic N) is 2. The predicted octanol–water partition coefficient (Wildman–Crippen LogP) is 3.47. The third-order valence-electron chi connectivity index (χ3n) is 3.52. The second-order valence-corrected chi connectivity index (χ2v) is 7.68. The number of carbonyl (C=O) groups is 2. The van der Waals surface area contributed by atoms with Gasteiger partial charge in [-0.15, -0.1) is 11.8 Å². The van der Waals surface area contributed by atoms with E-state index in [1.54, 1.807) is 17.7 Å². The Balaban J connectivity index is 1.83. The van der Waals surface area contributed by atoms with Crippen LogP contribution in [0.3, 0.4) is 0 Å². The van der Waals surface area contributed by atoms with Gasteiger partial charge in [-0.3, -0.25) is 15.0 Å². The van der Waals surface area contributed by atoms with Crippen molar-refractivity contribution < 1.29 is 9.59 Å². The van der Waals surface area contributed by atoms with Crippen LogP contribution >= 0.6 is 43.6 Å². The Kier molecular flexibility index (Phi) is 4.84. The second kappa shape index (κ2) is 6.70. The van der Waals surface area contributed by atoms with Gasteiger partial charge in [-0.2, -0.15) is 0 Å². The van der Waals surface area contributed by atoms with Crippen molar-refractivity contribution in [2.75, 3.05) is 5.75 Å². The van der Waals surface area contributed by atoms with Gasteiger partial charge in [0.05, 0.1) is 14.8 Å². The quantitative estimate of drug-likeness (QED) is 0.766. The first kappa shape index (κ1) is 16.6. The molecule has 5 nitrogen and oxygen atoms in total. The SMILES string of the molecule is Cn1c(C(=O)NN2C(=O)CSC2c2ccccc2)cc(Br)c1Br. The summed E-state index contributed by atoms with van der Waals surface area (Å²) < 4.78 is 3.27. The van der Waals surface area contributed by atoms with Crippen LogP contribution in [0.4, 0.5) is 0 Å². The number of nitrogens with one attached hydrogen (secondary N) is 1. The van der Waals surface area contributed by atoms with E-state index >= 15 is 0 Å². The van der Waals surface area contributed by atoms with E-state index in [2.05, 4.69) is 37.3 Å². The summed E-state index contributed by atoms with van der Waals surface area (Å²) in [4.78, 5) is 24.7. The molecule has 0 saturated carbocycles. The fourth-order valence-corrected chi connectivity index (χ4v) is 4.23. The number of amides is 2. The Labute approximate surface area is 154 Å². The molecule has 0 radical (unpaired) electrons. The molecule has 0 aliphatic carbocycles. The number of hydrogen-bond donors (Lipinski definition) is 1. The van der Waals surface area contributed by atoms with Gasteiger partial charge in [0.1, 0.15) is 11.1 Å². The zero-order chi connectivity index (χ0) is 16.6. The zero-order valence-electron chi connectivity index (χ0n) is 12.1. The van der Waals surface area contributed by atoms with Crippen LogP contribution in [0, 0.1) is 0 Å². The molecule has 2 heterocycles. The van der Waals surface area contributed by atoms with Gasteiger partial charge >= 0.3 is 0 Å². The first-order valence-corrected chi connectivity index (χ1v) is 9.43. The molecule has 1 aliphatic rings. The molecule has 1 unspecified atom stereocenters. The van der Waals surface area contributed by atoms with Gasteiger partial charge in [0, 0.05) is 7.05 Å². The maximum absolute atomic E-state index is 12.5. The maximum Gasteiger partial charge on any atom is 0.286 e. The number of aromatic nitrogens is 1. The maximum atomic E-state index is 12.5. The van der Waals surface area contributed by atoms with Crippen molar-refractivity contribution in [2.45, 2.75) is 5.37 Å². The van der Waals surface area contributed by atoms with Gasteiger partial charge in [-0.05, 0) is 43.5 Å². The lowest BCUT2D eigenvalue weighted by molar-refractivity contribution is -0.130. The fourth-order valence-electron chi connectivity index (χ4n) is 2.34. The van der Waals surface area contributed by atoms with Crippen molar-refractivity contribution in [3.63, 3.8) is 0 Å². The van der Waals surface area contributed by atoms with Gasteiger partial charge in [0.15, 0.2) is 0 Å². The van der Waals surface area contributed by atoms with E-state index in [-0.39, 0.29) is 17.2 Å². The lowest BCUT2D eigenvalue weighted by Gasteiger charge is -2.24. The van der Waals surface area contributed by atoms with Crippen LogP contribution in [0.5, 0.6) is 0 Å². The van der Waals surface area contributed by atoms with E-state index in [1.807, 2.05) is 30.3 Å². The van der Waals surface area contributed by atoms with Crippen molar-refractivity contribution >= 4 is 55.4 Å². The lowest BCUT2D eigenvalue weighted by atomic mass is 10.2. The van der Waals surface area contributed by atoms with Gasteiger partial charge in [-0.25, -0.2) is 5.01 Å². The molecule has 1 aromatic heterocycles. The highest BCUT2D eigenvalue weighted by atomic mass is 79.9. The van der Waals surface area contributed by atoms with Crippen molar-refractivity contribution in [1.29, 1.82) is 0 Å². The molecule has 8 heteroatoms. The lowest BCUT2D eigenvalue weighted by Crippen LogP contribution is -2.45. The van der Waals surface area contributed by atoms with Crippen LogP contribution in [0.25, 0.3) is 0 Å². The summed E-state index contributed by atoms with van der Waals surface area (Å²) in [6.07, 6.45) is 0. The zero-order valence-corrected chi connectivity index (χ0v) is 16.1. The normalized spacial score (nSPS) is 17.6. The molecule has 1 aromatic carbocycles. The molecule has 1 fully saturated rings. The van der Waals surface area contributed by atoms with Crippen LogP contribution in [0.15, 0.2) is 45.5 Å². The van der Waals surface area contributed by atoms with E-state index in [0.717, 1.165) is 14.6 Å². The van der Waals surface area contributed by atoms with Crippen molar-refractivity contribution in [2.24, 2.45) is 7.05 Å². The van der Waals surface area contributed by atoms with Gasteiger partial charge < -0.3 is 4.57 Å². The summed E-state index contributed by atoms with van der Waals surface area (Å²) in [5.41, 5.74) is 4.18. The Morgan fingerprint density at radius 1 is 1.30 bits per heavy atom. The van der Waals surface area contributed by atoms with Crippen LogP contribution in [-0.4, -0.2) is 27.1 Å². The molecule has 0 spiro atoms. The molecule has 2 amide bonds. The largest absolute Gasteiger partial charge is 0.333 e. The standard InChI is InChI=1S/C15H13Br2N3O2S/c1-19-11(7-10(16)13(19)17)14(22)18-20-12(21)8-23-15(20)9-5-3-2-4-6-9/h2-7,15H,8H2,1H3,(H,18,22). The molecular formula is C15H13Br2N3O2S. The monoisotopic (exact) mass is 457 g/mol. The molecular weight excluding hydrogens is 446 g/mol. The molecule has 1 N–H and O–H groups in total. The molecule has 3 rings (SSSR count). The van der Waals surface area contributed by atoms with Crippen LogP contribution in [0.2, 0.25) is 0 Å². The second-order valence-electron chi connectivity index (χ2n) is 5.01. The van der Waals surface area contributed by atoms with E-state index in [0.29, 0.717) is 11.4 Å². The minimum atomic E-state index is -0.323. The minimum Gasteiger partial charge on any atom is -0.333 e. The minimum absolute atomic E-state index is 0.107. The number of benzene rings is 1. The van der Waals surface area contributed by atoms with Gasteiger partial charge in [-0.1, -0.05) is 30.3 Å². The fraction of sp³-hybridized carbons (Fsp3) is 0.200. The van der Waals surface area contributed by atoms with Crippen molar-refractivity contribution in [3.8, 4) is 0 Å². The summed E-state index contributed by atoms with van der Waals surface area (Å²) in [6, 6.07) is 11.4. The van der Waals surface area contributed by atoms with E-state index < -0.39 is 0 Å². The molecule has 23 heavy (non-hydrogen) atoms. The predicted molar refractivity (Wildman–Crippen MR) is 96.8 cm³/mol. The molecule has 1 saturated heterocycles.